The third-order valence-corrected chi connectivity index (χ3v) is 4.30. The molecule has 0 radical (unpaired) electrons. The number of nitrogens with zero attached hydrogens (tertiary/aromatic N) is 1. The van der Waals surface area contributed by atoms with Crippen LogP contribution in [0.15, 0.2) is 47.5 Å². The van der Waals surface area contributed by atoms with Crippen molar-refractivity contribution < 1.29 is 13.5 Å². The Morgan fingerprint density at radius 2 is 1.92 bits per heavy atom. The summed E-state index contributed by atoms with van der Waals surface area (Å²) in [6, 6.07) is 11.7. The second-order valence-corrected chi connectivity index (χ2v) is 6.01. The van der Waals surface area contributed by atoms with Gasteiger partial charge in [-0.15, -0.1) is 0 Å². The molecule has 1 saturated carbocycles. The number of guanidine groups is 1. The Bertz CT molecular complexity index is 759. The van der Waals surface area contributed by atoms with Crippen molar-refractivity contribution in [2.75, 3.05) is 14.2 Å². The summed E-state index contributed by atoms with van der Waals surface area (Å²) in [5.41, 5.74) is 1.21. The molecule has 2 aromatic carbocycles. The zero-order valence-electron chi connectivity index (χ0n) is 14.2. The lowest BCUT2D eigenvalue weighted by Crippen LogP contribution is -2.38. The van der Waals surface area contributed by atoms with Gasteiger partial charge < -0.3 is 15.4 Å². The van der Waals surface area contributed by atoms with Crippen molar-refractivity contribution in [3.63, 3.8) is 0 Å². The van der Waals surface area contributed by atoms with Gasteiger partial charge in [-0.1, -0.05) is 18.2 Å². The minimum Gasteiger partial charge on any atom is -0.497 e. The summed E-state index contributed by atoms with van der Waals surface area (Å²) in [7, 11) is 3.30. The SMILES string of the molecule is CN=C(NCc1cccc(OC)c1)NC1CC1c1c(F)cccc1F. The Morgan fingerprint density at radius 3 is 2.60 bits per heavy atom. The van der Waals surface area contributed by atoms with E-state index in [0.717, 1.165) is 11.3 Å². The molecule has 1 aliphatic carbocycles. The van der Waals surface area contributed by atoms with Gasteiger partial charge in [-0.25, -0.2) is 8.78 Å². The van der Waals surface area contributed by atoms with Crippen LogP contribution >= 0.6 is 0 Å². The molecule has 0 aromatic heterocycles. The van der Waals surface area contributed by atoms with E-state index in [1.807, 2.05) is 24.3 Å². The Labute approximate surface area is 145 Å². The predicted octanol–water partition coefficient (Wildman–Crippen LogP) is 3.19. The molecule has 4 nitrogen and oxygen atoms in total. The Hall–Kier alpha value is -2.63. The molecule has 6 heteroatoms. The van der Waals surface area contributed by atoms with Gasteiger partial charge in [-0.3, -0.25) is 4.99 Å². The van der Waals surface area contributed by atoms with E-state index in [-0.39, 0.29) is 17.5 Å². The number of ether oxygens (including phenoxy) is 1. The largest absolute Gasteiger partial charge is 0.497 e. The average molecular weight is 345 g/mol. The second-order valence-electron chi connectivity index (χ2n) is 6.01. The number of methoxy groups -OCH3 is 1. The van der Waals surface area contributed by atoms with Crippen molar-refractivity contribution in [1.82, 2.24) is 10.6 Å². The van der Waals surface area contributed by atoms with Gasteiger partial charge >= 0.3 is 0 Å². The number of nitrogens with one attached hydrogen (secondary N) is 2. The maximum absolute atomic E-state index is 13.8. The standard InChI is InChI=1S/C19H21F2N3O/c1-22-19(23-11-12-5-3-6-13(9-12)25-2)24-17-10-14(17)18-15(20)7-4-8-16(18)21/h3-9,14,17H,10-11H2,1-2H3,(H2,22,23,24). The van der Waals surface area contributed by atoms with E-state index >= 15 is 0 Å². The number of hydrogen-bond acceptors (Lipinski definition) is 2. The van der Waals surface area contributed by atoms with Crippen molar-refractivity contribution >= 4 is 5.96 Å². The summed E-state index contributed by atoms with van der Waals surface area (Å²) >= 11 is 0. The van der Waals surface area contributed by atoms with Gasteiger partial charge in [-0.05, 0) is 36.2 Å². The lowest BCUT2D eigenvalue weighted by molar-refractivity contribution is 0.414. The van der Waals surface area contributed by atoms with Gasteiger partial charge in [-0.2, -0.15) is 0 Å². The van der Waals surface area contributed by atoms with Gasteiger partial charge in [0, 0.05) is 31.1 Å². The molecule has 0 heterocycles. The van der Waals surface area contributed by atoms with Crippen LogP contribution in [0.1, 0.15) is 23.5 Å². The summed E-state index contributed by atoms with van der Waals surface area (Å²) in [6.07, 6.45) is 0.678. The molecule has 2 N–H and O–H groups in total. The molecule has 0 amide bonds. The highest BCUT2D eigenvalue weighted by Crippen LogP contribution is 2.43. The molecule has 2 atom stereocenters. The zero-order valence-corrected chi connectivity index (χ0v) is 14.2. The minimum absolute atomic E-state index is 0.0251. The van der Waals surface area contributed by atoms with E-state index in [0.29, 0.717) is 18.9 Å². The Morgan fingerprint density at radius 1 is 1.20 bits per heavy atom. The van der Waals surface area contributed by atoms with Crippen molar-refractivity contribution in [3.05, 3.63) is 65.2 Å². The maximum atomic E-state index is 13.8. The molecule has 3 rings (SSSR count). The third kappa shape index (κ3) is 4.07. The van der Waals surface area contributed by atoms with Crippen molar-refractivity contribution in [2.24, 2.45) is 4.99 Å². The topological polar surface area (TPSA) is 45.7 Å². The van der Waals surface area contributed by atoms with Crippen LogP contribution in [-0.2, 0) is 6.54 Å². The highest BCUT2D eigenvalue weighted by Gasteiger charge is 2.42. The number of rotatable bonds is 5. The fourth-order valence-electron chi connectivity index (χ4n) is 2.88. The molecule has 0 aliphatic heterocycles. The second kappa shape index (κ2) is 7.51. The van der Waals surface area contributed by atoms with E-state index in [1.54, 1.807) is 14.2 Å². The van der Waals surface area contributed by atoms with Crippen LogP contribution in [0, 0.1) is 11.6 Å². The van der Waals surface area contributed by atoms with Gasteiger partial charge in [0.15, 0.2) is 5.96 Å². The van der Waals surface area contributed by atoms with E-state index < -0.39 is 11.6 Å². The quantitative estimate of drug-likeness (QED) is 0.646. The Balaban J connectivity index is 1.57. The van der Waals surface area contributed by atoms with Gasteiger partial charge in [0.05, 0.1) is 7.11 Å². The highest BCUT2D eigenvalue weighted by molar-refractivity contribution is 5.80. The molecule has 2 unspecified atom stereocenters. The first kappa shape index (κ1) is 17.2. The third-order valence-electron chi connectivity index (χ3n) is 4.30. The molecular weight excluding hydrogens is 324 g/mol. The summed E-state index contributed by atoms with van der Waals surface area (Å²) in [6.45, 7) is 0.572. The van der Waals surface area contributed by atoms with Crippen LogP contribution in [0.4, 0.5) is 8.78 Å². The molecule has 0 spiro atoms. The molecule has 2 aromatic rings. The highest BCUT2D eigenvalue weighted by atomic mass is 19.1. The Kier molecular flexibility index (Phi) is 5.16. The zero-order chi connectivity index (χ0) is 17.8. The normalized spacial score (nSPS) is 19.4. The summed E-state index contributed by atoms with van der Waals surface area (Å²) in [5.74, 6) is 0.241. The fraction of sp³-hybridized carbons (Fsp3) is 0.316. The molecule has 132 valence electrons. The summed E-state index contributed by atoms with van der Waals surface area (Å²) < 4.78 is 32.9. The molecular formula is C19H21F2N3O. The van der Waals surface area contributed by atoms with Crippen molar-refractivity contribution in [3.8, 4) is 5.75 Å². The van der Waals surface area contributed by atoms with E-state index in [2.05, 4.69) is 15.6 Å². The molecule has 0 saturated heterocycles. The lowest BCUT2D eigenvalue weighted by atomic mass is 10.1. The number of hydrogen-bond donors (Lipinski definition) is 2. The van der Waals surface area contributed by atoms with E-state index in [1.165, 1.54) is 18.2 Å². The van der Waals surface area contributed by atoms with E-state index in [4.69, 9.17) is 4.74 Å². The predicted molar refractivity (Wildman–Crippen MR) is 93.8 cm³/mol. The fourth-order valence-corrected chi connectivity index (χ4v) is 2.88. The van der Waals surface area contributed by atoms with E-state index in [9.17, 15) is 8.78 Å². The van der Waals surface area contributed by atoms with Crippen LogP contribution in [0.25, 0.3) is 0 Å². The number of aliphatic imine (C=N–C) groups is 1. The average Bonchev–Trinajstić information content (AvgIpc) is 3.37. The number of halogens is 2. The molecule has 0 bridgehead atoms. The van der Waals surface area contributed by atoms with Crippen molar-refractivity contribution in [1.29, 1.82) is 0 Å². The van der Waals surface area contributed by atoms with Crippen LogP contribution in [0.3, 0.4) is 0 Å². The first-order chi connectivity index (χ1) is 12.1. The van der Waals surface area contributed by atoms with Crippen LogP contribution in [-0.4, -0.2) is 26.2 Å². The first-order valence-corrected chi connectivity index (χ1v) is 8.16. The molecule has 25 heavy (non-hydrogen) atoms. The minimum atomic E-state index is -0.492. The van der Waals surface area contributed by atoms with Crippen LogP contribution in [0.5, 0.6) is 5.75 Å². The number of benzene rings is 2. The smallest absolute Gasteiger partial charge is 0.191 e. The monoisotopic (exact) mass is 345 g/mol. The summed E-state index contributed by atoms with van der Waals surface area (Å²) in [4.78, 5) is 4.17. The lowest BCUT2D eigenvalue weighted by Gasteiger charge is -2.13. The van der Waals surface area contributed by atoms with Gasteiger partial charge in [0.1, 0.15) is 17.4 Å². The molecule has 1 fully saturated rings. The maximum Gasteiger partial charge on any atom is 0.191 e. The first-order valence-electron chi connectivity index (χ1n) is 8.16. The summed E-state index contributed by atoms with van der Waals surface area (Å²) in [5, 5.41) is 6.42. The van der Waals surface area contributed by atoms with Crippen LogP contribution < -0.4 is 15.4 Å². The van der Waals surface area contributed by atoms with Crippen LogP contribution in [0.2, 0.25) is 0 Å². The van der Waals surface area contributed by atoms with Crippen molar-refractivity contribution in [2.45, 2.75) is 24.9 Å². The van der Waals surface area contributed by atoms with Gasteiger partial charge in [0.25, 0.3) is 0 Å². The van der Waals surface area contributed by atoms with Gasteiger partial charge in [0.2, 0.25) is 0 Å². The molecule has 1 aliphatic rings.